The van der Waals surface area contributed by atoms with Crippen LogP contribution in [0.3, 0.4) is 0 Å². The summed E-state index contributed by atoms with van der Waals surface area (Å²) in [6, 6.07) is 14.4. The molecular weight excluding hydrogens is 308 g/mol. The van der Waals surface area contributed by atoms with E-state index in [0.29, 0.717) is 22.6 Å². The zero-order valence-electron chi connectivity index (χ0n) is 13.3. The van der Waals surface area contributed by atoms with Crippen LogP contribution in [0.15, 0.2) is 58.0 Å². The molecule has 1 N–H and O–H groups in total. The van der Waals surface area contributed by atoms with Crippen molar-refractivity contribution in [3.05, 3.63) is 59.9 Å². The Bertz CT molecular complexity index is 866. The lowest BCUT2D eigenvalue weighted by Gasteiger charge is -2.06. The number of fused-ring (bicyclic) bond motifs is 1. The molecule has 0 saturated carbocycles. The number of carbonyl (C=O) groups is 1. The van der Waals surface area contributed by atoms with Crippen molar-refractivity contribution in [2.24, 2.45) is 5.10 Å². The molecule has 0 aliphatic heterocycles. The maximum absolute atomic E-state index is 12.1. The lowest BCUT2D eigenvalue weighted by Crippen LogP contribution is -2.16. The van der Waals surface area contributed by atoms with E-state index in [-0.39, 0.29) is 5.76 Å². The number of ether oxygens (including phenoxy) is 2. The number of hydrazone groups is 1. The molecule has 6 heteroatoms. The fraction of sp³-hybridized carbons (Fsp3) is 0.111. The van der Waals surface area contributed by atoms with Gasteiger partial charge in [0, 0.05) is 17.0 Å². The van der Waals surface area contributed by atoms with E-state index in [2.05, 4.69) is 10.5 Å². The van der Waals surface area contributed by atoms with Gasteiger partial charge in [0.2, 0.25) is 0 Å². The van der Waals surface area contributed by atoms with Gasteiger partial charge < -0.3 is 13.9 Å². The maximum atomic E-state index is 12.1. The molecule has 0 unspecified atom stereocenters. The van der Waals surface area contributed by atoms with E-state index in [4.69, 9.17) is 13.9 Å². The minimum absolute atomic E-state index is 0.204. The van der Waals surface area contributed by atoms with Gasteiger partial charge in [0.1, 0.15) is 17.1 Å². The Hall–Kier alpha value is -3.28. The second-order valence-corrected chi connectivity index (χ2v) is 4.96. The number of furan rings is 1. The summed E-state index contributed by atoms with van der Waals surface area (Å²) in [4.78, 5) is 12.1. The Morgan fingerprint density at radius 2 is 1.96 bits per heavy atom. The SMILES string of the molecule is COc1ccc(/C=N/NC(=O)c2cc3ccccc3o2)c(OC)c1. The second kappa shape index (κ2) is 6.87. The number of amides is 1. The first-order valence-corrected chi connectivity index (χ1v) is 7.25. The molecule has 0 bridgehead atoms. The molecule has 122 valence electrons. The fourth-order valence-electron chi connectivity index (χ4n) is 2.23. The van der Waals surface area contributed by atoms with Crippen molar-refractivity contribution in [2.75, 3.05) is 14.2 Å². The van der Waals surface area contributed by atoms with Crippen molar-refractivity contribution in [2.45, 2.75) is 0 Å². The molecule has 0 aliphatic carbocycles. The average molecular weight is 324 g/mol. The summed E-state index contributed by atoms with van der Waals surface area (Å²) in [6.45, 7) is 0. The van der Waals surface area contributed by atoms with Gasteiger partial charge >= 0.3 is 5.91 Å². The van der Waals surface area contributed by atoms with Crippen LogP contribution in [0, 0.1) is 0 Å². The molecule has 2 aromatic carbocycles. The summed E-state index contributed by atoms with van der Waals surface area (Å²) >= 11 is 0. The van der Waals surface area contributed by atoms with Gasteiger partial charge in [-0.2, -0.15) is 5.10 Å². The first-order chi connectivity index (χ1) is 11.7. The molecule has 0 saturated heterocycles. The number of hydrogen-bond donors (Lipinski definition) is 1. The Morgan fingerprint density at radius 3 is 2.71 bits per heavy atom. The smallest absolute Gasteiger partial charge is 0.307 e. The van der Waals surface area contributed by atoms with Crippen molar-refractivity contribution in [3.63, 3.8) is 0 Å². The average Bonchev–Trinajstić information content (AvgIpc) is 3.06. The third-order valence-electron chi connectivity index (χ3n) is 3.46. The van der Waals surface area contributed by atoms with Gasteiger partial charge in [-0.1, -0.05) is 18.2 Å². The van der Waals surface area contributed by atoms with E-state index in [0.717, 1.165) is 5.39 Å². The van der Waals surface area contributed by atoms with E-state index in [1.165, 1.54) is 6.21 Å². The van der Waals surface area contributed by atoms with Crippen LogP contribution in [0.5, 0.6) is 11.5 Å². The molecule has 3 aromatic rings. The summed E-state index contributed by atoms with van der Waals surface area (Å²) in [6.07, 6.45) is 1.50. The van der Waals surface area contributed by atoms with Crippen LogP contribution >= 0.6 is 0 Å². The van der Waals surface area contributed by atoms with Gasteiger partial charge in [-0.15, -0.1) is 0 Å². The molecule has 1 aromatic heterocycles. The standard InChI is InChI=1S/C18H16N2O4/c1-22-14-8-7-13(16(10-14)23-2)11-19-20-18(21)17-9-12-5-3-4-6-15(12)24-17/h3-11H,1-2H3,(H,20,21)/b19-11+. The lowest BCUT2D eigenvalue weighted by molar-refractivity contribution is 0.0929. The zero-order valence-corrected chi connectivity index (χ0v) is 13.3. The predicted octanol–water partition coefficient (Wildman–Crippen LogP) is 3.21. The lowest BCUT2D eigenvalue weighted by atomic mass is 10.2. The highest BCUT2D eigenvalue weighted by Crippen LogP contribution is 2.23. The van der Waals surface area contributed by atoms with Crippen LogP contribution in [-0.2, 0) is 0 Å². The topological polar surface area (TPSA) is 73.1 Å². The van der Waals surface area contributed by atoms with Gasteiger partial charge in [0.15, 0.2) is 5.76 Å². The van der Waals surface area contributed by atoms with Gasteiger partial charge in [0.05, 0.1) is 20.4 Å². The Kier molecular flexibility index (Phi) is 4.47. The van der Waals surface area contributed by atoms with E-state index >= 15 is 0 Å². The molecule has 0 atom stereocenters. The minimum Gasteiger partial charge on any atom is -0.497 e. The van der Waals surface area contributed by atoms with E-state index in [9.17, 15) is 4.79 Å². The third-order valence-corrected chi connectivity index (χ3v) is 3.46. The number of nitrogens with one attached hydrogen (secondary N) is 1. The van der Waals surface area contributed by atoms with Crippen LogP contribution in [0.1, 0.15) is 16.1 Å². The fourth-order valence-corrected chi connectivity index (χ4v) is 2.23. The number of benzene rings is 2. The molecule has 0 fully saturated rings. The van der Waals surface area contributed by atoms with Crippen LogP contribution in [-0.4, -0.2) is 26.3 Å². The Morgan fingerprint density at radius 1 is 1.12 bits per heavy atom. The molecule has 3 rings (SSSR count). The summed E-state index contributed by atoms with van der Waals surface area (Å²) in [7, 11) is 3.13. The number of para-hydroxylation sites is 1. The normalized spacial score (nSPS) is 10.9. The molecule has 1 heterocycles. The number of nitrogens with zero attached hydrogens (tertiary/aromatic N) is 1. The van der Waals surface area contributed by atoms with Crippen molar-refractivity contribution < 1.29 is 18.7 Å². The zero-order chi connectivity index (χ0) is 16.9. The van der Waals surface area contributed by atoms with Gasteiger partial charge in [0.25, 0.3) is 0 Å². The second-order valence-electron chi connectivity index (χ2n) is 4.96. The third kappa shape index (κ3) is 3.22. The van der Waals surface area contributed by atoms with Gasteiger partial charge in [-0.05, 0) is 24.3 Å². The van der Waals surface area contributed by atoms with Crippen molar-refractivity contribution in [1.82, 2.24) is 5.43 Å². The van der Waals surface area contributed by atoms with Crippen LogP contribution in [0.25, 0.3) is 11.0 Å². The van der Waals surface area contributed by atoms with E-state index in [1.54, 1.807) is 44.6 Å². The van der Waals surface area contributed by atoms with Crippen molar-refractivity contribution in [3.8, 4) is 11.5 Å². The predicted molar refractivity (Wildman–Crippen MR) is 90.8 cm³/mol. The molecule has 1 amide bonds. The van der Waals surface area contributed by atoms with Gasteiger partial charge in [-0.3, -0.25) is 4.79 Å². The number of carbonyl (C=O) groups excluding carboxylic acids is 1. The highest BCUT2D eigenvalue weighted by atomic mass is 16.5. The molecular formula is C18H16N2O4. The van der Waals surface area contributed by atoms with Crippen molar-refractivity contribution >= 4 is 23.1 Å². The largest absolute Gasteiger partial charge is 0.497 e. The highest BCUT2D eigenvalue weighted by molar-refractivity contribution is 5.96. The molecule has 0 spiro atoms. The molecule has 0 aliphatic rings. The van der Waals surface area contributed by atoms with Crippen LogP contribution in [0.4, 0.5) is 0 Å². The Balaban J connectivity index is 1.72. The molecule has 0 radical (unpaired) electrons. The quantitative estimate of drug-likeness (QED) is 0.578. The number of hydrogen-bond acceptors (Lipinski definition) is 5. The monoisotopic (exact) mass is 324 g/mol. The van der Waals surface area contributed by atoms with Gasteiger partial charge in [-0.25, -0.2) is 5.43 Å². The number of rotatable bonds is 5. The molecule has 6 nitrogen and oxygen atoms in total. The van der Waals surface area contributed by atoms with E-state index in [1.807, 2.05) is 18.2 Å². The summed E-state index contributed by atoms with van der Waals surface area (Å²) < 4.78 is 15.9. The summed E-state index contributed by atoms with van der Waals surface area (Å²) in [5, 5.41) is 4.81. The molecule has 24 heavy (non-hydrogen) atoms. The first-order valence-electron chi connectivity index (χ1n) is 7.25. The van der Waals surface area contributed by atoms with Crippen molar-refractivity contribution in [1.29, 1.82) is 0 Å². The van der Waals surface area contributed by atoms with Crippen LogP contribution in [0.2, 0.25) is 0 Å². The van der Waals surface area contributed by atoms with E-state index < -0.39 is 5.91 Å². The number of methoxy groups -OCH3 is 2. The van der Waals surface area contributed by atoms with Crippen LogP contribution < -0.4 is 14.9 Å². The summed E-state index contributed by atoms with van der Waals surface area (Å²) in [5.74, 6) is 1.05. The first kappa shape index (κ1) is 15.6. The Labute approximate surface area is 138 Å². The minimum atomic E-state index is -0.421. The highest BCUT2D eigenvalue weighted by Gasteiger charge is 2.11. The summed E-state index contributed by atoms with van der Waals surface area (Å²) in [5.41, 5.74) is 3.81. The maximum Gasteiger partial charge on any atom is 0.307 e.